The molecule has 0 spiro atoms. The first-order valence-corrected chi connectivity index (χ1v) is 6.02. The maximum Gasteiger partial charge on any atom is 0.415 e. The van der Waals surface area contributed by atoms with Crippen molar-refractivity contribution < 1.29 is 23.9 Å². The van der Waals surface area contributed by atoms with Crippen LogP contribution >= 0.6 is 11.3 Å². The molecular formula is C10H13N3O5S. The first-order chi connectivity index (χ1) is 8.97. The molecule has 0 bridgehead atoms. The monoisotopic (exact) mass is 287 g/mol. The summed E-state index contributed by atoms with van der Waals surface area (Å²) >= 11 is 0.963. The van der Waals surface area contributed by atoms with Crippen LogP contribution in [0.4, 0.5) is 20.3 Å². The molecule has 8 nitrogen and oxygen atoms in total. The van der Waals surface area contributed by atoms with Crippen molar-refractivity contribution in [3.05, 3.63) is 10.9 Å². The van der Waals surface area contributed by atoms with Crippen molar-refractivity contribution in [2.75, 3.05) is 24.8 Å². The average molecular weight is 287 g/mol. The number of alkyl carbamates (subject to hydrolysis) is 1. The smallest absolute Gasteiger partial charge is 0.415 e. The van der Waals surface area contributed by atoms with Crippen molar-refractivity contribution in [1.29, 1.82) is 0 Å². The van der Waals surface area contributed by atoms with Gasteiger partial charge in [0.1, 0.15) is 4.88 Å². The molecule has 9 heteroatoms. The molecule has 4 N–H and O–H groups in total. The third kappa shape index (κ3) is 4.14. The van der Waals surface area contributed by atoms with Crippen molar-refractivity contribution in [3.63, 3.8) is 0 Å². The summed E-state index contributed by atoms with van der Waals surface area (Å²) < 4.78 is 9.07. The zero-order valence-electron chi connectivity index (χ0n) is 10.3. The molecule has 1 aromatic heterocycles. The number of carbonyl (C=O) groups is 3. The number of nitrogens with one attached hydrogen (secondary N) is 2. The molecule has 0 aliphatic carbocycles. The second-order valence-electron chi connectivity index (χ2n) is 3.18. The zero-order chi connectivity index (χ0) is 14.4. The Kier molecular flexibility index (Phi) is 5.12. The quantitative estimate of drug-likeness (QED) is 0.723. The highest BCUT2D eigenvalue weighted by Gasteiger charge is 2.18. The summed E-state index contributed by atoms with van der Waals surface area (Å²) in [5.41, 5.74) is 5.71. The number of esters is 1. The van der Waals surface area contributed by atoms with Crippen LogP contribution in [-0.2, 0) is 9.47 Å². The predicted molar refractivity (Wildman–Crippen MR) is 69.2 cm³/mol. The minimum Gasteiger partial charge on any atom is -0.465 e. The molecule has 1 heterocycles. The normalized spacial score (nSPS) is 9.58. The molecule has 0 aliphatic heterocycles. The Morgan fingerprint density at radius 1 is 1.42 bits per heavy atom. The van der Waals surface area contributed by atoms with Crippen LogP contribution in [0.1, 0.15) is 16.6 Å². The highest BCUT2D eigenvalue weighted by molar-refractivity contribution is 7.18. The molecule has 104 valence electrons. The number of carbonyl (C=O) groups excluding carboxylic acids is 3. The van der Waals surface area contributed by atoms with Crippen LogP contribution < -0.4 is 16.4 Å². The van der Waals surface area contributed by atoms with Crippen LogP contribution in [0.15, 0.2) is 6.07 Å². The largest absolute Gasteiger partial charge is 0.465 e. The van der Waals surface area contributed by atoms with Gasteiger partial charge in [0, 0.05) is 0 Å². The summed E-state index contributed by atoms with van der Waals surface area (Å²) in [6, 6.07) is 0.558. The van der Waals surface area contributed by atoms with E-state index < -0.39 is 18.1 Å². The van der Waals surface area contributed by atoms with Crippen molar-refractivity contribution in [2.45, 2.75) is 6.92 Å². The summed E-state index contributed by atoms with van der Waals surface area (Å²) in [4.78, 5) is 34.0. The molecule has 0 atom stereocenters. The maximum absolute atomic E-state index is 11.5. The van der Waals surface area contributed by atoms with Gasteiger partial charge in [0.15, 0.2) is 0 Å². The lowest BCUT2D eigenvalue weighted by Gasteiger charge is -2.06. The van der Waals surface area contributed by atoms with Crippen molar-refractivity contribution in [1.82, 2.24) is 5.32 Å². The fourth-order valence-electron chi connectivity index (χ4n) is 1.16. The third-order valence-corrected chi connectivity index (χ3v) is 2.81. The third-order valence-electron chi connectivity index (χ3n) is 1.86. The highest BCUT2D eigenvalue weighted by Crippen LogP contribution is 2.29. The number of hydrogen-bond acceptors (Lipinski definition) is 7. The van der Waals surface area contributed by atoms with E-state index in [1.807, 2.05) is 5.32 Å². The van der Waals surface area contributed by atoms with Crippen LogP contribution in [0, 0.1) is 0 Å². The number of nitrogen functional groups attached to an aromatic ring is 1. The van der Waals surface area contributed by atoms with Gasteiger partial charge in [0.05, 0.1) is 24.4 Å². The zero-order valence-corrected chi connectivity index (χ0v) is 11.1. The van der Waals surface area contributed by atoms with Gasteiger partial charge in [-0.05, 0) is 13.0 Å². The molecule has 0 saturated heterocycles. The lowest BCUT2D eigenvalue weighted by molar-refractivity contribution is 0.0607. The fraction of sp³-hybridized carbons (Fsp3) is 0.300. The molecule has 1 rings (SSSR count). The van der Waals surface area contributed by atoms with Gasteiger partial charge < -0.3 is 20.5 Å². The molecule has 0 radical (unpaired) electrons. The number of ether oxygens (including phenoxy) is 2. The Labute approximate surface area is 112 Å². The van der Waals surface area contributed by atoms with Crippen LogP contribution in [0.2, 0.25) is 0 Å². The Balaban J connectivity index is 2.74. The van der Waals surface area contributed by atoms with E-state index in [2.05, 4.69) is 14.8 Å². The van der Waals surface area contributed by atoms with Gasteiger partial charge >= 0.3 is 18.1 Å². The van der Waals surface area contributed by atoms with Gasteiger partial charge in [-0.15, -0.1) is 11.3 Å². The molecule has 0 saturated carbocycles. The molecule has 0 aromatic carbocycles. The van der Waals surface area contributed by atoms with Gasteiger partial charge in [-0.2, -0.15) is 0 Å². The Morgan fingerprint density at radius 2 is 2.11 bits per heavy atom. The van der Waals surface area contributed by atoms with E-state index in [0.29, 0.717) is 5.00 Å². The molecule has 1 aromatic rings. The second kappa shape index (κ2) is 6.59. The fourth-order valence-corrected chi connectivity index (χ4v) is 1.96. The van der Waals surface area contributed by atoms with Gasteiger partial charge in [-0.25, -0.2) is 19.7 Å². The van der Waals surface area contributed by atoms with Crippen molar-refractivity contribution in [2.24, 2.45) is 0 Å². The lowest BCUT2D eigenvalue weighted by Crippen LogP contribution is -2.35. The van der Waals surface area contributed by atoms with Crippen LogP contribution in [-0.4, -0.2) is 31.8 Å². The summed E-state index contributed by atoms with van der Waals surface area (Å²) in [7, 11) is 1.21. The first-order valence-electron chi connectivity index (χ1n) is 5.20. The Bertz CT molecular complexity index is 499. The van der Waals surface area contributed by atoms with E-state index in [1.54, 1.807) is 6.92 Å². The molecular weight excluding hydrogens is 274 g/mol. The Hall–Kier alpha value is -2.29. The van der Waals surface area contributed by atoms with E-state index in [0.717, 1.165) is 11.3 Å². The first kappa shape index (κ1) is 14.8. The van der Waals surface area contributed by atoms with E-state index in [4.69, 9.17) is 5.73 Å². The Morgan fingerprint density at radius 3 is 2.68 bits per heavy atom. The van der Waals surface area contributed by atoms with E-state index in [1.165, 1.54) is 13.2 Å². The second-order valence-corrected chi connectivity index (χ2v) is 4.27. The van der Waals surface area contributed by atoms with E-state index in [9.17, 15) is 14.4 Å². The number of hydrogen-bond donors (Lipinski definition) is 3. The summed E-state index contributed by atoms with van der Waals surface area (Å²) in [5, 5.41) is 4.56. The number of imide groups is 1. The molecule has 3 amide bonds. The molecule has 19 heavy (non-hydrogen) atoms. The number of urea groups is 1. The van der Waals surface area contributed by atoms with Crippen LogP contribution in [0.5, 0.6) is 0 Å². The number of thiophene rings is 1. The number of methoxy groups -OCH3 is 1. The van der Waals surface area contributed by atoms with E-state index >= 15 is 0 Å². The van der Waals surface area contributed by atoms with Gasteiger partial charge in [-0.3, -0.25) is 0 Å². The summed E-state index contributed by atoms with van der Waals surface area (Å²) in [6.45, 7) is 1.74. The predicted octanol–water partition coefficient (Wildman–Crippen LogP) is 1.39. The van der Waals surface area contributed by atoms with Crippen molar-refractivity contribution in [3.8, 4) is 0 Å². The maximum atomic E-state index is 11.5. The summed E-state index contributed by atoms with van der Waals surface area (Å²) in [5.74, 6) is -0.631. The topological polar surface area (TPSA) is 120 Å². The molecule has 0 aliphatic rings. The minimum absolute atomic E-state index is 0.137. The van der Waals surface area contributed by atoms with Crippen molar-refractivity contribution >= 4 is 40.1 Å². The van der Waals surface area contributed by atoms with Gasteiger partial charge in [-0.1, -0.05) is 0 Å². The molecule has 0 fully saturated rings. The lowest BCUT2D eigenvalue weighted by atomic mass is 10.4. The summed E-state index contributed by atoms with van der Waals surface area (Å²) in [6.07, 6.45) is -0.886. The standard InChI is InChI=1S/C10H13N3O5S/c1-3-18-10(16)13-9(15)12-5-4-6(11)19-7(5)8(14)17-2/h4H,3,11H2,1-2H3,(H2,12,13,15,16). The minimum atomic E-state index is -0.886. The number of rotatable bonds is 3. The number of nitrogens with two attached hydrogens (primary N) is 1. The number of amides is 3. The SMILES string of the molecule is CCOC(=O)NC(=O)Nc1cc(N)sc1C(=O)OC. The van der Waals surface area contributed by atoms with Crippen LogP contribution in [0.25, 0.3) is 0 Å². The van der Waals surface area contributed by atoms with E-state index in [-0.39, 0.29) is 17.2 Å². The average Bonchev–Trinajstić information content (AvgIpc) is 2.69. The number of anilines is 2. The van der Waals surface area contributed by atoms with Crippen LogP contribution in [0.3, 0.4) is 0 Å². The molecule has 0 unspecified atom stereocenters. The van der Waals surface area contributed by atoms with Gasteiger partial charge in [0.25, 0.3) is 0 Å². The highest BCUT2D eigenvalue weighted by atomic mass is 32.1. The van der Waals surface area contributed by atoms with Gasteiger partial charge in [0.2, 0.25) is 0 Å².